The van der Waals surface area contributed by atoms with Crippen molar-refractivity contribution in [2.75, 3.05) is 12.4 Å². The van der Waals surface area contributed by atoms with Crippen LogP contribution in [0.5, 0.6) is 0 Å². The summed E-state index contributed by atoms with van der Waals surface area (Å²) in [5.74, 6) is -1.16. The Morgan fingerprint density at radius 2 is 1.88 bits per heavy atom. The maximum absolute atomic E-state index is 12.6. The van der Waals surface area contributed by atoms with Gasteiger partial charge in [0, 0.05) is 5.02 Å². The predicted molar refractivity (Wildman–Crippen MR) is 98.5 cm³/mol. The fraction of sp³-hybridized carbons (Fsp3) is 0.263. The first-order chi connectivity index (χ1) is 12.4. The van der Waals surface area contributed by atoms with Crippen molar-refractivity contribution in [2.24, 2.45) is 0 Å². The van der Waals surface area contributed by atoms with Crippen LogP contribution in [0.25, 0.3) is 0 Å². The van der Waals surface area contributed by atoms with Crippen LogP contribution < -0.4 is 0 Å². The molecule has 0 N–H and O–H groups in total. The van der Waals surface area contributed by atoms with Gasteiger partial charge in [-0.25, -0.2) is 13.2 Å². The summed E-state index contributed by atoms with van der Waals surface area (Å²) in [6.07, 6.45) is -0.236. The first kappa shape index (κ1) is 20.0. The molecule has 0 radical (unpaired) electrons. The summed E-state index contributed by atoms with van der Waals surface area (Å²) < 4.78 is 30.2. The minimum Gasteiger partial charge on any atom is -0.465 e. The van der Waals surface area contributed by atoms with E-state index in [-0.39, 0.29) is 23.7 Å². The molecule has 0 heterocycles. The van der Waals surface area contributed by atoms with Crippen LogP contribution in [0.3, 0.4) is 0 Å². The molecule has 1 atom stereocenters. The third-order valence-corrected chi connectivity index (χ3v) is 5.95. The summed E-state index contributed by atoms with van der Waals surface area (Å²) in [6, 6.07) is 16.1. The number of sulfone groups is 1. The van der Waals surface area contributed by atoms with Gasteiger partial charge in [0.15, 0.2) is 15.3 Å². The maximum Gasteiger partial charge on any atom is 0.331 e. The molecular formula is C19H18ClNO4S. The highest BCUT2D eigenvalue weighted by Crippen LogP contribution is 2.32. The second kappa shape index (κ2) is 8.35. The van der Waals surface area contributed by atoms with Crippen molar-refractivity contribution in [3.63, 3.8) is 0 Å². The molecule has 0 saturated carbocycles. The van der Waals surface area contributed by atoms with E-state index < -0.39 is 21.2 Å². The summed E-state index contributed by atoms with van der Waals surface area (Å²) in [6.45, 7) is 1.70. The van der Waals surface area contributed by atoms with Gasteiger partial charge in [-0.15, -0.1) is 0 Å². The van der Waals surface area contributed by atoms with Crippen molar-refractivity contribution < 1.29 is 17.9 Å². The van der Waals surface area contributed by atoms with Gasteiger partial charge in [0.05, 0.1) is 23.3 Å². The molecule has 1 unspecified atom stereocenters. The number of rotatable bonds is 7. The zero-order valence-electron chi connectivity index (χ0n) is 14.2. The van der Waals surface area contributed by atoms with Crippen LogP contribution in [0.1, 0.15) is 18.9 Å². The number of halogens is 1. The zero-order valence-corrected chi connectivity index (χ0v) is 15.8. The Kier molecular flexibility index (Phi) is 6.41. The molecule has 7 heteroatoms. The normalized spacial score (nSPS) is 13.4. The fourth-order valence-electron chi connectivity index (χ4n) is 2.57. The molecule has 0 fully saturated rings. The minimum absolute atomic E-state index is 0.0776. The number of carbonyl (C=O) groups excluding carboxylic acids is 1. The van der Waals surface area contributed by atoms with E-state index in [2.05, 4.69) is 0 Å². The highest BCUT2D eigenvalue weighted by Gasteiger charge is 2.43. The third-order valence-electron chi connectivity index (χ3n) is 3.98. The molecule has 0 spiro atoms. The van der Waals surface area contributed by atoms with Crippen LogP contribution in [0.4, 0.5) is 0 Å². The smallest absolute Gasteiger partial charge is 0.331 e. The standard InChI is InChI=1S/C19H18ClNO4S/c1-2-25-18(22)19(14-21,15-7-6-8-16(20)13-15)11-12-26(23,24)17-9-4-3-5-10-17/h3-10,13H,2,11-12H2,1H3. The van der Waals surface area contributed by atoms with Crippen LogP contribution in [0, 0.1) is 11.3 Å². The van der Waals surface area contributed by atoms with Crippen LogP contribution in [0.2, 0.25) is 5.02 Å². The molecule has 2 rings (SSSR count). The van der Waals surface area contributed by atoms with Gasteiger partial charge in [0.25, 0.3) is 0 Å². The summed E-state index contributed by atoms with van der Waals surface area (Å²) in [4.78, 5) is 12.7. The van der Waals surface area contributed by atoms with Crippen molar-refractivity contribution in [3.8, 4) is 6.07 Å². The van der Waals surface area contributed by atoms with Crippen molar-refractivity contribution >= 4 is 27.4 Å². The molecule has 0 aliphatic rings. The van der Waals surface area contributed by atoms with Crippen molar-refractivity contribution in [1.29, 1.82) is 5.26 Å². The van der Waals surface area contributed by atoms with Gasteiger partial charge in [-0.2, -0.15) is 5.26 Å². The molecule has 0 aliphatic heterocycles. The van der Waals surface area contributed by atoms with Gasteiger partial charge in [-0.05, 0) is 43.2 Å². The largest absolute Gasteiger partial charge is 0.465 e. The molecule has 5 nitrogen and oxygen atoms in total. The van der Waals surface area contributed by atoms with Crippen molar-refractivity contribution in [1.82, 2.24) is 0 Å². The topological polar surface area (TPSA) is 84.2 Å². The van der Waals surface area contributed by atoms with Crippen LogP contribution in [0.15, 0.2) is 59.5 Å². The van der Waals surface area contributed by atoms with E-state index in [0.29, 0.717) is 10.6 Å². The summed E-state index contributed by atoms with van der Waals surface area (Å²) in [7, 11) is -3.66. The Labute approximate surface area is 158 Å². The van der Waals surface area contributed by atoms with E-state index in [4.69, 9.17) is 16.3 Å². The number of benzene rings is 2. The monoisotopic (exact) mass is 391 g/mol. The lowest BCUT2D eigenvalue weighted by Gasteiger charge is -2.25. The Morgan fingerprint density at radius 3 is 2.46 bits per heavy atom. The van der Waals surface area contributed by atoms with E-state index >= 15 is 0 Å². The molecule has 2 aromatic carbocycles. The fourth-order valence-corrected chi connectivity index (χ4v) is 4.14. The molecule has 2 aromatic rings. The first-order valence-electron chi connectivity index (χ1n) is 7.98. The second-order valence-electron chi connectivity index (χ2n) is 5.63. The number of hydrogen-bond donors (Lipinski definition) is 0. The Hall–Kier alpha value is -2.36. The van der Waals surface area contributed by atoms with E-state index in [1.165, 1.54) is 18.2 Å². The van der Waals surface area contributed by atoms with Gasteiger partial charge < -0.3 is 4.74 Å². The van der Waals surface area contributed by atoms with E-state index in [0.717, 1.165) is 0 Å². The number of hydrogen-bond acceptors (Lipinski definition) is 5. The first-order valence-corrected chi connectivity index (χ1v) is 10.0. The van der Waals surface area contributed by atoms with E-state index in [9.17, 15) is 18.5 Å². The molecule has 136 valence electrons. The van der Waals surface area contributed by atoms with E-state index in [1.807, 2.05) is 6.07 Å². The van der Waals surface area contributed by atoms with Gasteiger partial charge in [0.1, 0.15) is 0 Å². The average Bonchev–Trinajstić information content (AvgIpc) is 2.64. The summed E-state index contributed by atoms with van der Waals surface area (Å²) in [5.41, 5.74) is -1.43. The third kappa shape index (κ3) is 4.24. The highest BCUT2D eigenvalue weighted by atomic mass is 35.5. The molecular weight excluding hydrogens is 374 g/mol. The number of esters is 1. The van der Waals surface area contributed by atoms with Gasteiger partial charge in [0.2, 0.25) is 0 Å². The molecule has 0 aliphatic carbocycles. The average molecular weight is 392 g/mol. The second-order valence-corrected chi connectivity index (χ2v) is 8.18. The maximum atomic E-state index is 12.6. The van der Waals surface area contributed by atoms with Crippen LogP contribution in [-0.4, -0.2) is 26.7 Å². The molecule has 0 bridgehead atoms. The molecule has 0 saturated heterocycles. The molecule has 26 heavy (non-hydrogen) atoms. The highest BCUT2D eigenvalue weighted by molar-refractivity contribution is 7.91. The quantitative estimate of drug-likeness (QED) is 0.674. The summed E-state index contributed by atoms with van der Waals surface area (Å²) in [5, 5.41) is 10.1. The Morgan fingerprint density at radius 1 is 1.19 bits per heavy atom. The number of carbonyl (C=O) groups is 1. The molecule has 0 aromatic heterocycles. The lowest BCUT2D eigenvalue weighted by molar-refractivity contribution is -0.147. The van der Waals surface area contributed by atoms with Crippen molar-refractivity contribution in [3.05, 3.63) is 65.2 Å². The van der Waals surface area contributed by atoms with Gasteiger partial charge in [-0.3, -0.25) is 0 Å². The number of nitriles is 1. The Bertz CT molecular complexity index is 922. The molecule has 0 amide bonds. The SMILES string of the molecule is CCOC(=O)C(C#N)(CCS(=O)(=O)c1ccccc1)c1cccc(Cl)c1. The Balaban J connectivity index is 2.42. The summed E-state index contributed by atoms with van der Waals surface area (Å²) >= 11 is 6.00. The predicted octanol–water partition coefficient (Wildman–Crippen LogP) is 3.53. The van der Waals surface area contributed by atoms with Crippen molar-refractivity contribution in [2.45, 2.75) is 23.7 Å². The zero-order chi connectivity index (χ0) is 19.2. The van der Waals surface area contributed by atoms with Gasteiger partial charge in [-0.1, -0.05) is 41.9 Å². The minimum atomic E-state index is -3.66. The number of ether oxygens (including phenoxy) is 1. The van der Waals surface area contributed by atoms with E-state index in [1.54, 1.807) is 43.3 Å². The lowest BCUT2D eigenvalue weighted by Crippen LogP contribution is -2.38. The van der Waals surface area contributed by atoms with Gasteiger partial charge >= 0.3 is 5.97 Å². The number of nitrogens with zero attached hydrogens (tertiary/aromatic N) is 1. The lowest BCUT2D eigenvalue weighted by atomic mass is 9.79. The van der Waals surface area contributed by atoms with Crippen LogP contribution >= 0.6 is 11.6 Å². The van der Waals surface area contributed by atoms with Crippen LogP contribution in [-0.2, 0) is 24.8 Å².